The minimum absolute atomic E-state index is 0.0103. The largest absolute Gasteiger partial charge is 0.492 e. The molecule has 0 aliphatic heterocycles. The van der Waals surface area contributed by atoms with Crippen molar-refractivity contribution in [1.29, 1.82) is 0 Å². The van der Waals surface area contributed by atoms with Gasteiger partial charge in [0, 0.05) is 13.6 Å². The Hall–Kier alpha value is -1.27. The molecule has 2 aromatic carbocycles. The molecule has 0 fully saturated rings. The zero-order valence-electron chi connectivity index (χ0n) is 11.9. The molecule has 0 amide bonds. The Kier molecular flexibility index (Phi) is 5.69. The Bertz CT molecular complexity index is 736. The van der Waals surface area contributed by atoms with E-state index in [0.29, 0.717) is 5.75 Å². The summed E-state index contributed by atoms with van der Waals surface area (Å²) in [6.07, 6.45) is 0. The second kappa shape index (κ2) is 7.33. The molecule has 22 heavy (non-hydrogen) atoms. The van der Waals surface area contributed by atoms with E-state index in [0.717, 1.165) is 0 Å². The summed E-state index contributed by atoms with van der Waals surface area (Å²) < 4.78 is 31.6. The summed E-state index contributed by atoms with van der Waals surface area (Å²) in [4.78, 5) is -0.0103. The molecule has 0 unspecified atom stereocenters. The average Bonchev–Trinajstić information content (AvgIpc) is 2.50. The van der Waals surface area contributed by atoms with E-state index in [2.05, 4.69) is 0 Å². The number of hydrogen-bond donors (Lipinski definition) is 0. The molecule has 0 atom stereocenters. The van der Waals surface area contributed by atoms with Gasteiger partial charge in [-0.05, 0) is 24.3 Å². The van der Waals surface area contributed by atoms with Gasteiger partial charge in [0.15, 0.2) is 0 Å². The zero-order chi connectivity index (χ0) is 16.2. The number of ether oxygens (including phenoxy) is 1. The summed E-state index contributed by atoms with van der Waals surface area (Å²) in [6, 6.07) is 13.7. The van der Waals surface area contributed by atoms with Gasteiger partial charge in [-0.3, -0.25) is 0 Å². The first-order valence-electron chi connectivity index (χ1n) is 6.51. The van der Waals surface area contributed by atoms with Crippen molar-refractivity contribution in [2.45, 2.75) is 4.90 Å². The molecular weight excluding hydrogens is 345 g/mol. The van der Waals surface area contributed by atoms with Crippen LogP contribution in [0, 0.1) is 0 Å². The highest BCUT2D eigenvalue weighted by molar-refractivity contribution is 7.89. The van der Waals surface area contributed by atoms with Crippen molar-refractivity contribution in [3.8, 4) is 5.75 Å². The maximum Gasteiger partial charge on any atom is 0.244 e. The highest BCUT2D eigenvalue weighted by Crippen LogP contribution is 2.30. The molecule has 0 spiro atoms. The second-order valence-electron chi connectivity index (χ2n) is 4.54. The average molecular weight is 360 g/mol. The maximum absolute atomic E-state index is 12.5. The van der Waals surface area contributed by atoms with E-state index in [9.17, 15) is 8.42 Å². The fourth-order valence-electron chi connectivity index (χ4n) is 1.78. The zero-order valence-corrected chi connectivity index (χ0v) is 14.2. The van der Waals surface area contributed by atoms with Gasteiger partial charge in [0.1, 0.15) is 17.3 Å². The van der Waals surface area contributed by atoms with Crippen LogP contribution in [0.15, 0.2) is 53.4 Å². The molecule has 0 N–H and O–H groups in total. The number of likely N-dealkylation sites (N-methyl/N-ethyl adjacent to an activating group) is 1. The van der Waals surface area contributed by atoms with Crippen molar-refractivity contribution in [3.63, 3.8) is 0 Å². The Morgan fingerprint density at radius 2 is 1.73 bits per heavy atom. The number of nitrogens with zero attached hydrogens (tertiary/aromatic N) is 1. The number of hydrogen-bond acceptors (Lipinski definition) is 3. The predicted octanol–water partition coefficient (Wildman–Crippen LogP) is 3.69. The number of para-hydroxylation sites is 1. The van der Waals surface area contributed by atoms with Crippen LogP contribution >= 0.6 is 23.2 Å². The first-order chi connectivity index (χ1) is 10.4. The SMILES string of the molecule is CN(CCOc1ccccc1)S(=O)(=O)c1cccc(Cl)c1Cl. The van der Waals surface area contributed by atoms with Crippen LogP contribution in [0.5, 0.6) is 5.75 Å². The van der Waals surface area contributed by atoms with Gasteiger partial charge in [0.2, 0.25) is 10.0 Å². The third-order valence-corrected chi connectivity index (χ3v) is 5.85. The maximum atomic E-state index is 12.5. The molecular formula is C15H15Cl2NO3S. The van der Waals surface area contributed by atoms with E-state index < -0.39 is 10.0 Å². The van der Waals surface area contributed by atoms with Gasteiger partial charge in [-0.15, -0.1) is 0 Å². The first kappa shape index (κ1) is 17.1. The Balaban J connectivity index is 2.05. The Labute approximate surface area is 140 Å². The van der Waals surface area contributed by atoms with Crippen LogP contribution in [0.4, 0.5) is 0 Å². The third kappa shape index (κ3) is 3.93. The van der Waals surface area contributed by atoms with Crippen LogP contribution in [-0.2, 0) is 10.0 Å². The van der Waals surface area contributed by atoms with Gasteiger partial charge in [0.05, 0.1) is 10.0 Å². The lowest BCUT2D eigenvalue weighted by Crippen LogP contribution is -2.31. The van der Waals surface area contributed by atoms with E-state index >= 15 is 0 Å². The molecule has 118 valence electrons. The van der Waals surface area contributed by atoms with Crippen LogP contribution in [0.3, 0.4) is 0 Å². The standard InChI is InChI=1S/C15H15Cl2NO3S/c1-18(10-11-21-12-6-3-2-4-7-12)22(19,20)14-9-5-8-13(16)15(14)17/h2-9H,10-11H2,1H3. The minimum Gasteiger partial charge on any atom is -0.492 e. The highest BCUT2D eigenvalue weighted by atomic mass is 35.5. The van der Waals surface area contributed by atoms with Crippen LogP contribution in [0.2, 0.25) is 10.0 Å². The summed E-state index contributed by atoms with van der Waals surface area (Å²) in [5.74, 6) is 0.689. The molecule has 0 bridgehead atoms. The molecule has 0 aliphatic rings. The number of sulfonamides is 1. The van der Waals surface area contributed by atoms with Crippen LogP contribution in [-0.4, -0.2) is 32.9 Å². The number of rotatable bonds is 6. The molecule has 4 nitrogen and oxygen atoms in total. The fourth-order valence-corrected chi connectivity index (χ4v) is 3.67. The molecule has 0 heterocycles. The van der Waals surface area contributed by atoms with E-state index in [4.69, 9.17) is 27.9 Å². The van der Waals surface area contributed by atoms with Crippen molar-refractivity contribution in [1.82, 2.24) is 4.31 Å². The van der Waals surface area contributed by atoms with Gasteiger partial charge < -0.3 is 4.74 Å². The summed E-state index contributed by atoms with van der Waals surface area (Å²) in [7, 11) is -2.24. The predicted molar refractivity (Wildman–Crippen MR) is 88.2 cm³/mol. The van der Waals surface area contributed by atoms with Crippen LogP contribution in [0.1, 0.15) is 0 Å². The molecule has 0 aromatic heterocycles. The van der Waals surface area contributed by atoms with Crippen molar-refractivity contribution in [2.24, 2.45) is 0 Å². The summed E-state index contributed by atoms with van der Waals surface area (Å²) in [6.45, 7) is 0.429. The van der Waals surface area contributed by atoms with Crippen molar-refractivity contribution in [2.75, 3.05) is 20.2 Å². The van der Waals surface area contributed by atoms with Gasteiger partial charge >= 0.3 is 0 Å². The minimum atomic E-state index is -3.71. The summed E-state index contributed by atoms with van der Waals surface area (Å²) >= 11 is 11.9. The topological polar surface area (TPSA) is 46.6 Å². The smallest absolute Gasteiger partial charge is 0.244 e. The molecule has 7 heteroatoms. The lowest BCUT2D eigenvalue weighted by Gasteiger charge is -2.18. The van der Waals surface area contributed by atoms with Crippen molar-refractivity contribution < 1.29 is 13.2 Å². The van der Waals surface area contributed by atoms with Gasteiger partial charge in [0.25, 0.3) is 0 Å². The van der Waals surface area contributed by atoms with Crippen molar-refractivity contribution in [3.05, 3.63) is 58.6 Å². The molecule has 2 aromatic rings. The first-order valence-corrected chi connectivity index (χ1v) is 8.70. The van der Waals surface area contributed by atoms with Gasteiger partial charge in [-0.2, -0.15) is 4.31 Å². The van der Waals surface area contributed by atoms with E-state index in [-0.39, 0.29) is 28.1 Å². The molecule has 0 saturated heterocycles. The van der Waals surface area contributed by atoms with Gasteiger partial charge in [-0.25, -0.2) is 8.42 Å². The van der Waals surface area contributed by atoms with E-state index in [1.54, 1.807) is 12.1 Å². The Morgan fingerprint density at radius 3 is 2.41 bits per heavy atom. The second-order valence-corrected chi connectivity index (χ2v) is 7.34. The molecule has 2 rings (SSSR count). The summed E-state index contributed by atoms with van der Waals surface area (Å²) in [5.41, 5.74) is 0. The molecule has 0 radical (unpaired) electrons. The van der Waals surface area contributed by atoms with E-state index in [1.165, 1.54) is 17.4 Å². The van der Waals surface area contributed by atoms with Crippen LogP contribution < -0.4 is 4.74 Å². The Morgan fingerprint density at radius 1 is 1.05 bits per heavy atom. The normalized spacial score (nSPS) is 11.6. The third-order valence-electron chi connectivity index (χ3n) is 3.02. The lowest BCUT2D eigenvalue weighted by atomic mass is 10.3. The number of halogens is 2. The van der Waals surface area contributed by atoms with Gasteiger partial charge in [-0.1, -0.05) is 47.5 Å². The fraction of sp³-hybridized carbons (Fsp3) is 0.200. The molecule has 0 aliphatic carbocycles. The van der Waals surface area contributed by atoms with Crippen molar-refractivity contribution >= 4 is 33.2 Å². The summed E-state index contributed by atoms with van der Waals surface area (Å²) in [5, 5.41) is 0.233. The molecule has 0 saturated carbocycles. The van der Waals surface area contributed by atoms with Crippen LogP contribution in [0.25, 0.3) is 0 Å². The van der Waals surface area contributed by atoms with E-state index in [1.807, 2.05) is 30.3 Å². The number of benzene rings is 2. The lowest BCUT2D eigenvalue weighted by molar-refractivity contribution is 0.287. The highest BCUT2D eigenvalue weighted by Gasteiger charge is 2.24. The quantitative estimate of drug-likeness (QED) is 0.789. The monoisotopic (exact) mass is 359 g/mol.